The van der Waals surface area contributed by atoms with Crippen molar-refractivity contribution in [3.05, 3.63) is 77.6 Å². The van der Waals surface area contributed by atoms with Gasteiger partial charge in [0.2, 0.25) is 0 Å². The molecule has 1 aliphatic heterocycles. The van der Waals surface area contributed by atoms with Gasteiger partial charge >= 0.3 is 0 Å². The Morgan fingerprint density at radius 3 is 2.59 bits per heavy atom. The molecule has 1 aliphatic rings. The predicted molar refractivity (Wildman–Crippen MR) is 106 cm³/mol. The molecule has 1 fully saturated rings. The lowest BCUT2D eigenvalue weighted by atomic mass is 10.1. The van der Waals surface area contributed by atoms with Gasteiger partial charge in [-0.25, -0.2) is 0 Å². The van der Waals surface area contributed by atoms with Crippen molar-refractivity contribution in [1.29, 1.82) is 0 Å². The maximum Gasteiger partial charge on any atom is 0.266 e. The molecule has 0 aliphatic carbocycles. The summed E-state index contributed by atoms with van der Waals surface area (Å²) in [6.45, 7) is 3.78. The number of aryl methyl sites for hydroxylation is 1. The summed E-state index contributed by atoms with van der Waals surface area (Å²) in [7, 11) is 1.74. The highest BCUT2D eigenvalue weighted by molar-refractivity contribution is 7.80. The van der Waals surface area contributed by atoms with Crippen LogP contribution in [0.2, 0.25) is 0 Å². The van der Waals surface area contributed by atoms with Crippen molar-refractivity contribution >= 4 is 41.0 Å². The molecule has 0 atom stereocenters. The Kier molecular flexibility index (Phi) is 5.14. The van der Waals surface area contributed by atoms with Crippen LogP contribution in [0.4, 0.5) is 0 Å². The number of carbonyl (C=O) groups is 3. The molecule has 2 aromatic rings. The number of amides is 2. The van der Waals surface area contributed by atoms with Gasteiger partial charge in [0.15, 0.2) is 10.9 Å². The molecule has 0 saturated carbocycles. The van der Waals surface area contributed by atoms with Crippen LogP contribution in [0.5, 0.6) is 0 Å². The number of nitrogens with one attached hydrogen (secondary N) is 1. The third kappa shape index (κ3) is 3.63. The number of hydrogen-bond donors (Lipinski definition) is 1. The number of rotatable bonds is 5. The Balaban J connectivity index is 1.95. The average molecular weight is 379 g/mol. The molecular formula is C20H17N3O3S. The molecule has 0 radical (unpaired) electrons. The van der Waals surface area contributed by atoms with E-state index in [9.17, 15) is 14.4 Å². The van der Waals surface area contributed by atoms with E-state index in [1.165, 1.54) is 17.1 Å². The number of thiocarbonyl (C=S) groups is 1. The van der Waals surface area contributed by atoms with E-state index >= 15 is 0 Å². The fourth-order valence-electron chi connectivity index (χ4n) is 2.74. The number of benzene rings is 1. The van der Waals surface area contributed by atoms with Gasteiger partial charge in [-0.2, -0.15) is 0 Å². The zero-order chi connectivity index (χ0) is 19.6. The molecule has 1 N–H and O–H groups in total. The minimum atomic E-state index is -0.567. The van der Waals surface area contributed by atoms with E-state index in [4.69, 9.17) is 12.2 Å². The minimum Gasteiger partial charge on any atom is -0.350 e. The lowest BCUT2D eigenvalue weighted by Gasteiger charge is -2.27. The highest BCUT2D eigenvalue weighted by atomic mass is 32.1. The van der Waals surface area contributed by atoms with Gasteiger partial charge in [0.25, 0.3) is 11.8 Å². The molecule has 1 aromatic heterocycles. The Labute approximate surface area is 161 Å². The van der Waals surface area contributed by atoms with Gasteiger partial charge in [0.05, 0.1) is 0 Å². The summed E-state index contributed by atoms with van der Waals surface area (Å²) in [6.07, 6.45) is 4.65. The third-order valence-electron chi connectivity index (χ3n) is 4.13. The number of carbonyl (C=O) groups excluding carboxylic acids is 3. The van der Waals surface area contributed by atoms with Crippen LogP contribution in [0.15, 0.2) is 60.8 Å². The molecule has 0 unspecified atom stereocenters. The quantitative estimate of drug-likeness (QED) is 0.284. The first-order chi connectivity index (χ1) is 12.9. The zero-order valence-corrected chi connectivity index (χ0v) is 15.5. The summed E-state index contributed by atoms with van der Waals surface area (Å²) < 4.78 is 1.69. The van der Waals surface area contributed by atoms with Gasteiger partial charge in [-0.05, 0) is 24.4 Å². The van der Waals surface area contributed by atoms with Crippen molar-refractivity contribution in [2.24, 2.45) is 7.05 Å². The summed E-state index contributed by atoms with van der Waals surface area (Å²) in [6, 6.07) is 10.5. The fraction of sp³-hybridized carbons (Fsp3) is 0.100. The first-order valence-electron chi connectivity index (χ1n) is 8.18. The smallest absolute Gasteiger partial charge is 0.266 e. The Bertz CT molecular complexity index is 989. The first-order valence-corrected chi connectivity index (χ1v) is 8.59. The number of aromatic nitrogens is 1. The molecule has 1 saturated heterocycles. The third-order valence-corrected chi connectivity index (χ3v) is 4.45. The lowest BCUT2D eigenvalue weighted by Crippen LogP contribution is -2.53. The summed E-state index contributed by atoms with van der Waals surface area (Å²) in [5.41, 5.74) is 1.54. The SMILES string of the molecule is C=CCN1C(=O)/C(=C\c2cc(C(=O)c3ccccc3)cn2C)C(=O)NC1=S. The second-order valence-electron chi connectivity index (χ2n) is 5.98. The number of nitrogens with zero attached hydrogens (tertiary/aromatic N) is 2. The van der Waals surface area contributed by atoms with Crippen molar-refractivity contribution in [3.8, 4) is 0 Å². The highest BCUT2D eigenvalue weighted by Gasteiger charge is 2.32. The topological polar surface area (TPSA) is 71.4 Å². The monoisotopic (exact) mass is 379 g/mol. The van der Waals surface area contributed by atoms with Crippen LogP contribution in [-0.2, 0) is 16.6 Å². The van der Waals surface area contributed by atoms with Crippen LogP contribution in [0, 0.1) is 0 Å². The predicted octanol–water partition coefficient (Wildman–Crippen LogP) is 2.07. The molecule has 0 bridgehead atoms. The normalized spacial score (nSPS) is 15.8. The Hall–Kier alpha value is -3.32. The highest BCUT2D eigenvalue weighted by Crippen LogP contribution is 2.18. The van der Waals surface area contributed by atoms with Crippen molar-refractivity contribution in [1.82, 2.24) is 14.8 Å². The largest absolute Gasteiger partial charge is 0.350 e. The van der Waals surface area contributed by atoms with Crippen LogP contribution in [0.3, 0.4) is 0 Å². The molecule has 1 aromatic carbocycles. The lowest BCUT2D eigenvalue weighted by molar-refractivity contribution is -0.128. The first kappa shape index (κ1) is 18.5. The van der Waals surface area contributed by atoms with E-state index < -0.39 is 11.8 Å². The van der Waals surface area contributed by atoms with E-state index in [0.717, 1.165) is 0 Å². The summed E-state index contributed by atoms with van der Waals surface area (Å²) in [5, 5.41) is 2.55. The van der Waals surface area contributed by atoms with Crippen LogP contribution in [0.25, 0.3) is 6.08 Å². The number of ketones is 1. The van der Waals surface area contributed by atoms with E-state index in [2.05, 4.69) is 11.9 Å². The van der Waals surface area contributed by atoms with Gasteiger partial charge in [0.1, 0.15) is 5.57 Å². The van der Waals surface area contributed by atoms with E-state index in [1.54, 1.807) is 48.1 Å². The Morgan fingerprint density at radius 2 is 1.93 bits per heavy atom. The minimum absolute atomic E-state index is 0.0499. The zero-order valence-electron chi connectivity index (χ0n) is 14.6. The van der Waals surface area contributed by atoms with E-state index in [-0.39, 0.29) is 23.0 Å². The molecular weight excluding hydrogens is 362 g/mol. The summed E-state index contributed by atoms with van der Waals surface area (Å²) in [5.74, 6) is -1.20. The summed E-state index contributed by atoms with van der Waals surface area (Å²) in [4.78, 5) is 38.7. The Morgan fingerprint density at radius 1 is 1.22 bits per heavy atom. The molecule has 7 heteroatoms. The maximum absolute atomic E-state index is 12.6. The molecule has 136 valence electrons. The van der Waals surface area contributed by atoms with Crippen molar-refractivity contribution in [2.45, 2.75) is 0 Å². The van der Waals surface area contributed by atoms with Gasteiger partial charge in [-0.15, -0.1) is 6.58 Å². The second-order valence-corrected chi connectivity index (χ2v) is 6.37. The van der Waals surface area contributed by atoms with Crippen LogP contribution in [0.1, 0.15) is 21.6 Å². The van der Waals surface area contributed by atoms with Crippen molar-refractivity contribution in [3.63, 3.8) is 0 Å². The van der Waals surface area contributed by atoms with Gasteiger partial charge in [-0.3, -0.25) is 24.6 Å². The van der Waals surface area contributed by atoms with Crippen LogP contribution >= 0.6 is 12.2 Å². The second kappa shape index (κ2) is 7.51. The average Bonchev–Trinajstić information content (AvgIpc) is 3.02. The molecule has 6 nitrogen and oxygen atoms in total. The van der Waals surface area contributed by atoms with E-state index in [0.29, 0.717) is 16.8 Å². The van der Waals surface area contributed by atoms with Crippen LogP contribution < -0.4 is 5.32 Å². The standard InChI is InChI=1S/C20H17N3O3S/c1-3-9-23-19(26)16(18(25)21-20(23)27)11-15-10-14(12-22(15)2)17(24)13-7-5-4-6-8-13/h3-8,10-12H,1,9H2,2H3,(H,21,25,27)/b16-11-. The molecule has 3 rings (SSSR count). The van der Waals surface area contributed by atoms with Gasteiger partial charge in [-0.1, -0.05) is 36.4 Å². The summed E-state index contributed by atoms with van der Waals surface area (Å²) >= 11 is 5.03. The van der Waals surface area contributed by atoms with Gasteiger partial charge in [0, 0.05) is 36.6 Å². The maximum atomic E-state index is 12.6. The fourth-order valence-corrected chi connectivity index (χ4v) is 2.99. The van der Waals surface area contributed by atoms with Crippen molar-refractivity contribution in [2.75, 3.05) is 6.54 Å². The molecule has 2 amide bonds. The van der Waals surface area contributed by atoms with Crippen molar-refractivity contribution < 1.29 is 14.4 Å². The van der Waals surface area contributed by atoms with Gasteiger partial charge < -0.3 is 4.57 Å². The molecule has 27 heavy (non-hydrogen) atoms. The number of hydrogen-bond acceptors (Lipinski definition) is 4. The molecule has 0 spiro atoms. The van der Waals surface area contributed by atoms with E-state index in [1.807, 2.05) is 6.07 Å². The molecule has 2 heterocycles. The van der Waals surface area contributed by atoms with Crippen LogP contribution in [-0.4, -0.2) is 38.7 Å².